The highest BCUT2D eigenvalue weighted by Crippen LogP contribution is 2.26. The molecule has 0 aliphatic carbocycles. The second-order valence-electron chi connectivity index (χ2n) is 6.96. The van der Waals surface area contributed by atoms with Crippen LogP contribution in [0.4, 0.5) is 5.69 Å². The van der Waals surface area contributed by atoms with Gasteiger partial charge in [-0.3, -0.25) is 4.79 Å². The average molecular weight is 395 g/mol. The van der Waals surface area contributed by atoms with Crippen LogP contribution in [0.5, 0.6) is 5.75 Å². The van der Waals surface area contributed by atoms with Crippen LogP contribution in [0.15, 0.2) is 53.5 Å². The van der Waals surface area contributed by atoms with Crippen LogP contribution in [0.25, 0.3) is 0 Å². The first-order valence-corrected chi connectivity index (χ1v) is 10.2. The molecule has 0 atom stereocenters. The van der Waals surface area contributed by atoms with E-state index in [0.29, 0.717) is 12.5 Å². The van der Waals surface area contributed by atoms with Gasteiger partial charge in [-0.2, -0.15) is 0 Å². The van der Waals surface area contributed by atoms with E-state index in [1.54, 1.807) is 7.11 Å². The van der Waals surface area contributed by atoms with Crippen molar-refractivity contribution in [2.24, 2.45) is 4.99 Å². The number of anilines is 1. The molecule has 2 aromatic carbocycles. The minimum Gasteiger partial charge on any atom is -0.496 e. The molecule has 1 heterocycles. The summed E-state index contributed by atoms with van der Waals surface area (Å²) in [5, 5.41) is 6.52. The van der Waals surface area contributed by atoms with Gasteiger partial charge in [0.15, 0.2) is 5.96 Å². The van der Waals surface area contributed by atoms with E-state index in [9.17, 15) is 4.79 Å². The number of amides is 1. The molecule has 0 spiro atoms. The number of nitrogens with one attached hydrogen (secondary N) is 2. The summed E-state index contributed by atoms with van der Waals surface area (Å²) < 4.78 is 5.40. The third kappa shape index (κ3) is 5.50. The highest BCUT2D eigenvalue weighted by Gasteiger charge is 2.21. The molecule has 0 aromatic heterocycles. The molecule has 1 amide bonds. The monoisotopic (exact) mass is 394 g/mol. The largest absolute Gasteiger partial charge is 0.496 e. The van der Waals surface area contributed by atoms with Gasteiger partial charge in [-0.05, 0) is 49.4 Å². The van der Waals surface area contributed by atoms with E-state index in [0.717, 1.165) is 49.4 Å². The summed E-state index contributed by atoms with van der Waals surface area (Å²) in [6.07, 6.45) is 2.82. The number of nitrogens with zero attached hydrogens (tertiary/aromatic N) is 2. The van der Waals surface area contributed by atoms with Crippen LogP contribution in [-0.2, 0) is 17.6 Å². The minimum atomic E-state index is 0.0269. The lowest BCUT2D eigenvalue weighted by Crippen LogP contribution is -2.41. The van der Waals surface area contributed by atoms with E-state index < -0.39 is 0 Å². The molecule has 0 saturated carbocycles. The van der Waals surface area contributed by atoms with Gasteiger partial charge in [-0.1, -0.05) is 36.4 Å². The number of para-hydroxylation sites is 2. The maximum Gasteiger partial charge on any atom is 0.248 e. The highest BCUT2D eigenvalue weighted by molar-refractivity contribution is 5.97. The highest BCUT2D eigenvalue weighted by atomic mass is 16.5. The molecular weight excluding hydrogens is 364 g/mol. The zero-order valence-corrected chi connectivity index (χ0v) is 17.3. The van der Waals surface area contributed by atoms with E-state index >= 15 is 0 Å². The summed E-state index contributed by atoms with van der Waals surface area (Å²) in [5.41, 5.74) is 3.39. The van der Waals surface area contributed by atoms with E-state index in [-0.39, 0.29) is 12.5 Å². The number of carbonyl (C=O) groups excluding carboxylic acids is 1. The Kier molecular flexibility index (Phi) is 7.50. The van der Waals surface area contributed by atoms with Gasteiger partial charge in [0.05, 0.1) is 7.11 Å². The Bertz CT molecular complexity index is 850. The summed E-state index contributed by atoms with van der Waals surface area (Å²) in [6, 6.07) is 16.1. The van der Waals surface area contributed by atoms with Gasteiger partial charge in [0.25, 0.3) is 0 Å². The molecule has 1 aliphatic rings. The SMILES string of the molecule is CCNC(=NCC(=O)N1CCCc2ccccc21)NCCc1ccccc1OC. The molecule has 0 radical (unpaired) electrons. The van der Waals surface area contributed by atoms with Gasteiger partial charge in [-0.15, -0.1) is 0 Å². The minimum absolute atomic E-state index is 0.0269. The summed E-state index contributed by atoms with van der Waals surface area (Å²) in [6.45, 7) is 4.33. The molecule has 154 valence electrons. The van der Waals surface area contributed by atoms with Crippen LogP contribution in [0.3, 0.4) is 0 Å². The van der Waals surface area contributed by atoms with E-state index in [4.69, 9.17) is 4.74 Å². The molecule has 2 N–H and O–H groups in total. The maximum atomic E-state index is 12.8. The second-order valence-corrected chi connectivity index (χ2v) is 6.96. The van der Waals surface area contributed by atoms with Crippen LogP contribution in [-0.4, -0.2) is 45.2 Å². The number of rotatable bonds is 7. The zero-order valence-electron chi connectivity index (χ0n) is 17.3. The van der Waals surface area contributed by atoms with Gasteiger partial charge in [-0.25, -0.2) is 4.99 Å². The van der Waals surface area contributed by atoms with Crippen molar-refractivity contribution in [3.05, 3.63) is 59.7 Å². The first-order valence-electron chi connectivity index (χ1n) is 10.2. The Hall–Kier alpha value is -3.02. The Balaban J connectivity index is 1.58. The van der Waals surface area contributed by atoms with Crippen LogP contribution < -0.4 is 20.3 Å². The van der Waals surface area contributed by atoms with Crippen LogP contribution >= 0.6 is 0 Å². The van der Waals surface area contributed by atoms with Crippen LogP contribution in [0.2, 0.25) is 0 Å². The van der Waals surface area contributed by atoms with Crippen molar-refractivity contribution < 1.29 is 9.53 Å². The average Bonchev–Trinajstić information content (AvgIpc) is 2.77. The number of hydrogen-bond donors (Lipinski definition) is 2. The Morgan fingerprint density at radius 3 is 2.76 bits per heavy atom. The van der Waals surface area contributed by atoms with Crippen molar-refractivity contribution >= 4 is 17.6 Å². The Morgan fingerprint density at radius 1 is 1.14 bits per heavy atom. The number of ether oxygens (including phenoxy) is 1. The standard InChI is InChI=1S/C23H30N4O2/c1-3-24-23(25-15-14-19-10-5-7-13-21(19)29-2)26-17-22(28)27-16-8-11-18-9-4-6-12-20(18)27/h4-7,9-10,12-13H,3,8,11,14-17H2,1-2H3,(H2,24,25,26). The van der Waals surface area contributed by atoms with Crippen molar-refractivity contribution in [2.75, 3.05) is 38.2 Å². The number of carbonyl (C=O) groups is 1. The van der Waals surface area contributed by atoms with Crippen molar-refractivity contribution in [3.8, 4) is 5.75 Å². The summed E-state index contributed by atoms with van der Waals surface area (Å²) in [4.78, 5) is 19.2. The lowest BCUT2D eigenvalue weighted by atomic mass is 10.0. The topological polar surface area (TPSA) is 66.0 Å². The quantitative estimate of drug-likeness (QED) is 0.560. The fourth-order valence-electron chi connectivity index (χ4n) is 3.59. The van der Waals surface area contributed by atoms with Crippen molar-refractivity contribution in [1.29, 1.82) is 0 Å². The third-order valence-electron chi connectivity index (χ3n) is 5.01. The number of fused-ring (bicyclic) bond motifs is 1. The van der Waals surface area contributed by atoms with Gasteiger partial charge >= 0.3 is 0 Å². The van der Waals surface area contributed by atoms with Crippen molar-refractivity contribution in [2.45, 2.75) is 26.2 Å². The molecule has 29 heavy (non-hydrogen) atoms. The molecular formula is C23H30N4O2. The Labute approximate surface area is 173 Å². The molecule has 3 rings (SSSR count). The fraction of sp³-hybridized carbons (Fsp3) is 0.391. The molecule has 1 aliphatic heterocycles. The van der Waals surface area contributed by atoms with Gasteiger partial charge in [0, 0.05) is 25.3 Å². The third-order valence-corrected chi connectivity index (χ3v) is 5.01. The molecule has 0 bridgehead atoms. The predicted molar refractivity (Wildman–Crippen MR) is 118 cm³/mol. The smallest absolute Gasteiger partial charge is 0.248 e. The van der Waals surface area contributed by atoms with Gasteiger partial charge in [0.2, 0.25) is 5.91 Å². The van der Waals surface area contributed by atoms with Crippen LogP contribution in [0.1, 0.15) is 24.5 Å². The molecule has 2 aromatic rings. The molecule has 6 heteroatoms. The van der Waals surface area contributed by atoms with Crippen molar-refractivity contribution in [3.63, 3.8) is 0 Å². The van der Waals surface area contributed by atoms with Crippen LogP contribution in [0, 0.1) is 0 Å². The normalized spacial score (nSPS) is 13.6. The number of aliphatic imine (C=N–C) groups is 1. The number of hydrogen-bond acceptors (Lipinski definition) is 3. The van der Waals surface area contributed by atoms with Gasteiger partial charge < -0.3 is 20.3 Å². The number of guanidine groups is 1. The maximum absolute atomic E-state index is 12.8. The summed E-state index contributed by atoms with van der Waals surface area (Å²) in [5.74, 6) is 1.57. The lowest BCUT2D eigenvalue weighted by molar-refractivity contribution is -0.117. The Morgan fingerprint density at radius 2 is 1.93 bits per heavy atom. The molecule has 0 saturated heterocycles. The molecule has 0 unspecified atom stereocenters. The molecule has 0 fully saturated rings. The summed E-state index contributed by atoms with van der Waals surface area (Å²) >= 11 is 0. The molecule has 6 nitrogen and oxygen atoms in total. The number of aryl methyl sites for hydroxylation is 1. The van der Waals surface area contributed by atoms with E-state index in [1.165, 1.54) is 5.56 Å². The first kappa shape index (κ1) is 20.7. The zero-order chi connectivity index (χ0) is 20.5. The van der Waals surface area contributed by atoms with E-state index in [2.05, 4.69) is 27.8 Å². The fourth-order valence-corrected chi connectivity index (χ4v) is 3.59. The lowest BCUT2D eigenvalue weighted by Gasteiger charge is -2.29. The van der Waals surface area contributed by atoms with Crippen molar-refractivity contribution in [1.82, 2.24) is 10.6 Å². The number of benzene rings is 2. The first-order chi connectivity index (χ1) is 14.2. The predicted octanol–water partition coefficient (Wildman–Crippen LogP) is 2.77. The van der Waals surface area contributed by atoms with Gasteiger partial charge in [0.1, 0.15) is 12.3 Å². The summed E-state index contributed by atoms with van der Waals surface area (Å²) in [7, 11) is 1.68. The number of methoxy groups -OCH3 is 1. The van der Waals surface area contributed by atoms with E-state index in [1.807, 2.05) is 48.2 Å². The second kappa shape index (κ2) is 10.5.